The van der Waals surface area contributed by atoms with Gasteiger partial charge in [-0.05, 0) is 79.9 Å². The minimum Gasteiger partial charge on any atom is -0.436 e. The van der Waals surface area contributed by atoms with E-state index in [1.165, 1.54) is 62.5 Å². The van der Waals surface area contributed by atoms with Gasteiger partial charge in [-0.2, -0.15) is 5.10 Å². The first-order valence-corrected chi connectivity index (χ1v) is 21.9. The van der Waals surface area contributed by atoms with Crippen molar-refractivity contribution in [2.45, 2.75) is 34.6 Å². The summed E-state index contributed by atoms with van der Waals surface area (Å²) in [7, 11) is 1.41. The van der Waals surface area contributed by atoms with Crippen LogP contribution in [0.1, 0.15) is 46.6 Å². The van der Waals surface area contributed by atoms with Crippen molar-refractivity contribution in [1.29, 1.82) is 0 Å². The Hall–Kier alpha value is -5.37. The molecule has 0 amide bonds. The number of hydrogen-bond acceptors (Lipinski definition) is 12. The van der Waals surface area contributed by atoms with Crippen LogP contribution in [0.5, 0.6) is 23.3 Å². The van der Waals surface area contributed by atoms with Crippen molar-refractivity contribution in [3.8, 4) is 28.9 Å². The molecule has 0 atom stereocenters. The van der Waals surface area contributed by atoms with Gasteiger partial charge in [0.05, 0.1) is 41.0 Å². The molecular weight excluding hydrogens is 884 g/mol. The van der Waals surface area contributed by atoms with Crippen LogP contribution in [-0.2, 0) is 0 Å². The second kappa shape index (κ2) is 19.7. The summed E-state index contributed by atoms with van der Waals surface area (Å²) >= 11 is 3.68. The summed E-state index contributed by atoms with van der Waals surface area (Å²) < 4.78 is 44.9. The van der Waals surface area contributed by atoms with Crippen LogP contribution >= 0.6 is 42.3 Å². The fourth-order valence-corrected chi connectivity index (χ4v) is 7.63. The van der Waals surface area contributed by atoms with Crippen molar-refractivity contribution in [1.82, 2.24) is 23.7 Å². The van der Waals surface area contributed by atoms with Gasteiger partial charge in [0, 0.05) is 59.8 Å². The van der Waals surface area contributed by atoms with Crippen molar-refractivity contribution in [3.63, 3.8) is 0 Å². The van der Waals surface area contributed by atoms with E-state index >= 15 is 0 Å². The van der Waals surface area contributed by atoms with Crippen LogP contribution in [0.15, 0.2) is 97.5 Å². The van der Waals surface area contributed by atoms with Crippen LogP contribution in [0.25, 0.3) is 16.6 Å². The number of hydrazine groups is 1. The van der Waals surface area contributed by atoms with Gasteiger partial charge in [0.25, 0.3) is 0 Å². The summed E-state index contributed by atoms with van der Waals surface area (Å²) in [6.45, 7) is 9.71. The van der Waals surface area contributed by atoms with Gasteiger partial charge in [-0.3, -0.25) is 14.6 Å². The summed E-state index contributed by atoms with van der Waals surface area (Å²) in [5.74, 6) is 5.11. The van der Waals surface area contributed by atoms with Crippen LogP contribution < -0.4 is 31.2 Å². The van der Waals surface area contributed by atoms with Crippen molar-refractivity contribution in [3.05, 3.63) is 137 Å². The highest BCUT2D eigenvalue weighted by atomic mass is 127. The van der Waals surface area contributed by atoms with Gasteiger partial charge in [0.2, 0.25) is 17.5 Å². The second-order valence-electron chi connectivity index (χ2n) is 12.0. The SMILES string of the molecule is CC.CSNc1cc2c(cc1C)cc(C(=O)c1cnn(-c3cnc(Oc4ccccc4F)cc3C)c1N)n2SI.Cc1cc(Oc2ccccc2F)ncc1NN. The Labute approximate surface area is 349 Å². The van der Waals surface area contributed by atoms with E-state index < -0.39 is 11.6 Å². The lowest BCUT2D eigenvalue weighted by molar-refractivity contribution is 0.103. The number of nitrogens with two attached hydrogens (primary N) is 2. The Morgan fingerprint density at radius 2 is 1.39 bits per heavy atom. The number of pyridine rings is 2. The molecule has 7 rings (SSSR count). The standard InChI is InChI=1S/C26H22FIN6O2S2.C12H12FN3O.C2H6/c1-14-8-16-10-21(34(38-28)20(16)11-19(14)32-37-3)25(35)17-12-31-33(26(17)29)22-13-30-24(9-15(22)2)36-23-7-5-4-6-18(23)27;1-8-6-12(15-7-10(8)16-14)17-11-5-3-2-4-9(11)13;1-2/h4-13,32H,29H2,1-3H3;2-7,16H,14H2,1H3;1-2H3. The molecule has 0 aliphatic carbocycles. The first-order chi connectivity index (χ1) is 27.5. The van der Waals surface area contributed by atoms with Gasteiger partial charge in [-0.1, -0.05) is 50.1 Å². The van der Waals surface area contributed by atoms with E-state index in [2.05, 4.69) is 52.5 Å². The summed E-state index contributed by atoms with van der Waals surface area (Å²) in [4.78, 5) is 22.0. The van der Waals surface area contributed by atoms with Crippen molar-refractivity contribution < 1.29 is 23.0 Å². The van der Waals surface area contributed by atoms with E-state index in [9.17, 15) is 13.6 Å². The third-order valence-electron chi connectivity index (χ3n) is 8.30. The summed E-state index contributed by atoms with van der Waals surface area (Å²) in [6.07, 6.45) is 6.49. The quantitative estimate of drug-likeness (QED) is 0.0320. The third-order valence-corrected chi connectivity index (χ3v) is 10.4. The number of hydrogen-bond donors (Lipinski definition) is 4. The molecule has 6 N–H and O–H groups in total. The van der Waals surface area contributed by atoms with Crippen molar-refractivity contribution in [2.75, 3.05) is 22.1 Å². The van der Waals surface area contributed by atoms with E-state index in [0.717, 1.165) is 33.3 Å². The smallest absolute Gasteiger partial charge is 0.219 e. The van der Waals surface area contributed by atoms with E-state index in [1.807, 2.05) is 57.0 Å². The number of nitrogen functional groups attached to an aromatic ring is 2. The minimum absolute atomic E-state index is 0.0775. The van der Waals surface area contributed by atoms with E-state index in [1.54, 1.807) is 42.5 Å². The zero-order valence-corrected chi connectivity index (χ0v) is 35.6. The maximum Gasteiger partial charge on any atom is 0.219 e. The molecule has 4 aromatic heterocycles. The molecule has 3 aromatic carbocycles. The van der Waals surface area contributed by atoms with Gasteiger partial charge in [-0.25, -0.2) is 23.4 Å². The van der Waals surface area contributed by atoms with Crippen molar-refractivity contribution >= 4 is 76.2 Å². The molecule has 0 unspecified atom stereocenters. The number of rotatable bonds is 11. The molecule has 57 heavy (non-hydrogen) atoms. The van der Waals surface area contributed by atoms with E-state index in [-0.39, 0.29) is 34.5 Å². The zero-order chi connectivity index (χ0) is 41.2. The summed E-state index contributed by atoms with van der Waals surface area (Å²) in [6, 6.07) is 21.6. The Bertz CT molecular complexity index is 2520. The molecule has 0 aliphatic heterocycles. The van der Waals surface area contributed by atoms with E-state index in [4.69, 9.17) is 21.1 Å². The highest BCUT2D eigenvalue weighted by Gasteiger charge is 2.24. The lowest BCUT2D eigenvalue weighted by Gasteiger charge is -2.11. The van der Waals surface area contributed by atoms with Gasteiger partial charge in [0.1, 0.15) is 11.5 Å². The Balaban J connectivity index is 0.000000272. The lowest BCUT2D eigenvalue weighted by Crippen LogP contribution is -2.10. The highest BCUT2D eigenvalue weighted by molar-refractivity contribution is 14.2. The van der Waals surface area contributed by atoms with Gasteiger partial charge < -0.3 is 25.4 Å². The van der Waals surface area contributed by atoms with Crippen LogP contribution in [0.4, 0.5) is 26.0 Å². The normalized spacial score (nSPS) is 10.6. The largest absolute Gasteiger partial charge is 0.436 e. The molecule has 12 nitrogen and oxygen atoms in total. The van der Waals surface area contributed by atoms with Crippen LogP contribution in [0.3, 0.4) is 0 Å². The number of carbonyl (C=O) groups excluding carboxylic acids is 1. The highest BCUT2D eigenvalue weighted by Crippen LogP contribution is 2.35. The molecule has 0 saturated heterocycles. The predicted octanol–water partition coefficient (Wildman–Crippen LogP) is 10.8. The van der Waals surface area contributed by atoms with E-state index in [0.29, 0.717) is 22.9 Å². The number of benzene rings is 3. The zero-order valence-electron chi connectivity index (χ0n) is 31.8. The van der Waals surface area contributed by atoms with Gasteiger partial charge in [0.15, 0.2) is 23.1 Å². The number of aryl methyl sites for hydroxylation is 3. The monoisotopic (exact) mass is 923 g/mol. The number of nitrogens with one attached hydrogen (secondary N) is 2. The molecule has 0 bridgehead atoms. The predicted molar refractivity (Wildman–Crippen MR) is 236 cm³/mol. The molecule has 0 aliphatic rings. The molecule has 0 radical (unpaired) electrons. The van der Waals surface area contributed by atoms with Crippen LogP contribution in [0, 0.1) is 32.4 Å². The number of anilines is 3. The lowest BCUT2D eigenvalue weighted by atomic mass is 10.1. The number of aromatic nitrogens is 5. The first kappa shape index (κ1) is 42.8. The maximum atomic E-state index is 14.0. The average molecular weight is 924 g/mol. The molecular formula is C40H40F2IN9O3S2. The van der Waals surface area contributed by atoms with Gasteiger partial charge in [-0.15, -0.1) is 0 Å². The van der Waals surface area contributed by atoms with Crippen molar-refractivity contribution in [2.24, 2.45) is 5.84 Å². The number of nitrogens with zero attached hydrogens (tertiary/aromatic N) is 5. The molecule has 4 heterocycles. The Morgan fingerprint density at radius 3 is 1.93 bits per heavy atom. The number of halogens is 3. The summed E-state index contributed by atoms with van der Waals surface area (Å²) in [5.41, 5.74) is 15.6. The maximum absolute atomic E-state index is 14.0. The van der Waals surface area contributed by atoms with Gasteiger partial charge >= 0.3 is 0 Å². The fraction of sp³-hybridized carbons (Fsp3) is 0.150. The Morgan fingerprint density at radius 1 is 0.807 bits per heavy atom. The first-order valence-electron chi connectivity index (χ1n) is 17.4. The molecule has 0 saturated carbocycles. The van der Waals surface area contributed by atoms with Crippen LogP contribution in [0.2, 0.25) is 0 Å². The number of fused-ring (bicyclic) bond motifs is 1. The number of para-hydroxylation sites is 2. The molecule has 0 spiro atoms. The number of ether oxygens (including phenoxy) is 2. The fourth-order valence-electron chi connectivity index (χ4n) is 5.48. The Kier molecular flexibility index (Phi) is 14.8. The number of carbonyl (C=O) groups is 1. The third kappa shape index (κ3) is 9.78. The average Bonchev–Trinajstić information content (AvgIpc) is 3.77. The minimum atomic E-state index is -0.482. The summed E-state index contributed by atoms with van der Waals surface area (Å²) in [5, 5.41) is 5.34. The molecule has 0 fully saturated rings. The second-order valence-corrected chi connectivity index (χ2v) is 14.3. The molecule has 7 aromatic rings. The molecule has 296 valence electrons. The van der Waals surface area contributed by atoms with Crippen LogP contribution in [-0.4, -0.2) is 35.8 Å². The number of ketones is 1. The molecule has 17 heteroatoms. The topological polar surface area (TPSA) is 160 Å².